The summed E-state index contributed by atoms with van der Waals surface area (Å²) in [5.74, 6) is 1.01. The summed E-state index contributed by atoms with van der Waals surface area (Å²) in [6.45, 7) is 0. The molecule has 0 radical (unpaired) electrons. The molecule has 0 amide bonds. The van der Waals surface area contributed by atoms with Crippen molar-refractivity contribution in [3.8, 4) is 11.3 Å². The number of halogens is 3. The van der Waals surface area contributed by atoms with Gasteiger partial charge in [0.2, 0.25) is 0 Å². The second-order valence-corrected chi connectivity index (χ2v) is 4.73. The van der Waals surface area contributed by atoms with E-state index in [0.717, 1.165) is 14.8 Å². The molecular weight excluding hydrogens is 348 g/mol. The van der Waals surface area contributed by atoms with Crippen LogP contribution in [-0.4, -0.2) is 4.98 Å². The van der Waals surface area contributed by atoms with E-state index < -0.39 is 0 Å². The Bertz CT molecular complexity index is 484. The molecule has 1 heterocycles. The molecule has 2 rings (SSSR count). The maximum absolute atomic E-state index is 6.02. The van der Waals surface area contributed by atoms with E-state index in [-0.39, 0.29) is 0 Å². The largest absolute Gasteiger partial charge is 0.443 e. The molecule has 0 saturated carbocycles. The number of nitrogens with zero attached hydrogens (tertiary/aromatic N) is 1. The Kier molecular flexibility index (Phi) is 3.53. The minimum atomic E-state index is 0.329. The zero-order valence-corrected chi connectivity index (χ0v) is 11.2. The molecule has 15 heavy (non-hydrogen) atoms. The molecule has 1 aromatic heterocycles. The van der Waals surface area contributed by atoms with Gasteiger partial charge in [-0.3, -0.25) is 0 Å². The SMILES string of the molecule is ClCc1ncoc1-c1ccc(I)c(Cl)c1. The van der Waals surface area contributed by atoms with Gasteiger partial charge >= 0.3 is 0 Å². The molecule has 78 valence electrons. The highest BCUT2D eigenvalue weighted by atomic mass is 127. The smallest absolute Gasteiger partial charge is 0.181 e. The van der Waals surface area contributed by atoms with Crippen LogP contribution >= 0.6 is 45.8 Å². The number of aromatic nitrogens is 1. The molecule has 0 bridgehead atoms. The van der Waals surface area contributed by atoms with Crippen molar-refractivity contribution < 1.29 is 4.42 Å². The van der Waals surface area contributed by atoms with Crippen molar-refractivity contribution in [1.29, 1.82) is 0 Å². The monoisotopic (exact) mass is 353 g/mol. The molecule has 1 aromatic carbocycles. The zero-order chi connectivity index (χ0) is 10.8. The normalized spacial score (nSPS) is 10.6. The highest BCUT2D eigenvalue weighted by Crippen LogP contribution is 2.29. The summed E-state index contributed by atoms with van der Waals surface area (Å²) in [4.78, 5) is 4.02. The Balaban J connectivity index is 2.50. The van der Waals surface area contributed by atoms with Crippen LogP contribution in [-0.2, 0) is 5.88 Å². The van der Waals surface area contributed by atoms with Gasteiger partial charge in [-0.15, -0.1) is 11.6 Å². The summed E-state index contributed by atoms with van der Waals surface area (Å²) < 4.78 is 6.28. The molecule has 0 saturated heterocycles. The topological polar surface area (TPSA) is 26.0 Å². The highest BCUT2D eigenvalue weighted by Gasteiger charge is 2.10. The molecule has 0 spiro atoms. The fourth-order valence-corrected chi connectivity index (χ4v) is 1.94. The lowest BCUT2D eigenvalue weighted by Gasteiger charge is -2.01. The van der Waals surface area contributed by atoms with Crippen molar-refractivity contribution in [3.05, 3.63) is 38.9 Å². The molecule has 2 aromatic rings. The van der Waals surface area contributed by atoms with Gasteiger partial charge in [-0.2, -0.15) is 0 Å². The van der Waals surface area contributed by atoms with E-state index in [1.165, 1.54) is 6.39 Å². The van der Waals surface area contributed by atoms with Gasteiger partial charge in [-0.05, 0) is 34.7 Å². The summed E-state index contributed by atoms with van der Waals surface area (Å²) in [6.07, 6.45) is 1.39. The predicted octanol–water partition coefficient (Wildman–Crippen LogP) is 4.34. The first-order valence-corrected chi connectivity index (χ1v) is 6.15. The van der Waals surface area contributed by atoms with Crippen molar-refractivity contribution in [2.45, 2.75) is 5.88 Å². The van der Waals surface area contributed by atoms with Crippen LogP contribution in [0.15, 0.2) is 29.0 Å². The Morgan fingerprint density at radius 1 is 1.40 bits per heavy atom. The minimum Gasteiger partial charge on any atom is -0.443 e. The molecule has 5 heteroatoms. The molecule has 0 N–H and O–H groups in total. The molecule has 0 aliphatic heterocycles. The number of hydrogen-bond donors (Lipinski definition) is 0. The average Bonchev–Trinajstić information content (AvgIpc) is 2.70. The highest BCUT2D eigenvalue weighted by molar-refractivity contribution is 14.1. The average molecular weight is 354 g/mol. The molecule has 2 nitrogen and oxygen atoms in total. The van der Waals surface area contributed by atoms with E-state index in [4.69, 9.17) is 27.6 Å². The van der Waals surface area contributed by atoms with Gasteiger partial charge in [-0.25, -0.2) is 4.98 Å². The van der Waals surface area contributed by atoms with Gasteiger partial charge in [0.1, 0.15) is 5.69 Å². The lowest BCUT2D eigenvalue weighted by atomic mass is 10.1. The van der Waals surface area contributed by atoms with Crippen LogP contribution in [0.4, 0.5) is 0 Å². The van der Waals surface area contributed by atoms with E-state index in [1.807, 2.05) is 18.2 Å². The third-order valence-electron chi connectivity index (χ3n) is 1.95. The lowest BCUT2D eigenvalue weighted by Crippen LogP contribution is -1.84. The van der Waals surface area contributed by atoms with Gasteiger partial charge < -0.3 is 4.42 Å². The van der Waals surface area contributed by atoms with E-state index in [1.54, 1.807) is 0 Å². The number of rotatable bonds is 2. The second kappa shape index (κ2) is 4.72. The zero-order valence-electron chi connectivity index (χ0n) is 7.51. The molecule has 0 atom stereocenters. The van der Waals surface area contributed by atoms with Crippen molar-refractivity contribution >= 4 is 45.8 Å². The Labute approximate surface area is 111 Å². The number of alkyl halides is 1. The summed E-state index contributed by atoms with van der Waals surface area (Å²) in [5.41, 5.74) is 1.63. The first kappa shape index (κ1) is 11.2. The van der Waals surface area contributed by atoms with E-state index in [9.17, 15) is 0 Å². The lowest BCUT2D eigenvalue weighted by molar-refractivity contribution is 0.571. The van der Waals surface area contributed by atoms with Crippen LogP contribution in [0.2, 0.25) is 5.02 Å². The minimum absolute atomic E-state index is 0.329. The maximum Gasteiger partial charge on any atom is 0.181 e. The molecular formula is C10H6Cl2INO. The predicted molar refractivity (Wildman–Crippen MR) is 69.2 cm³/mol. The van der Waals surface area contributed by atoms with Crippen LogP contribution in [0.5, 0.6) is 0 Å². The van der Waals surface area contributed by atoms with E-state index in [0.29, 0.717) is 16.7 Å². The van der Waals surface area contributed by atoms with Gasteiger partial charge in [0.25, 0.3) is 0 Å². The van der Waals surface area contributed by atoms with Crippen LogP contribution in [0, 0.1) is 3.57 Å². The fourth-order valence-electron chi connectivity index (χ4n) is 1.24. The summed E-state index contributed by atoms with van der Waals surface area (Å²) >= 11 is 13.9. The summed E-state index contributed by atoms with van der Waals surface area (Å²) in [7, 11) is 0. The van der Waals surface area contributed by atoms with Crippen LogP contribution in [0.1, 0.15) is 5.69 Å². The third-order valence-corrected chi connectivity index (χ3v) is 3.77. The van der Waals surface area contributed by atoms with E-state index >= 15 is 0 Å². The first-order chi connectivity index (χ1) is 7.22. The molecule has 0 fully saturated rings. The standard InChI is InChI=1S/C10H6Cl2INO/c11-4-9-10(15-5-14-9)6-1-2-8(13)7(12)3-6/h1-3,5H,4H2. The second-order valence-electron chi connectivity index (χ2n) is 2.89. The van der Waals surface area contributed by atoms with E-state index in [2.05, 4.69) is 27.6 Å². The number of oxazole rings is 1. The Hall–Kier alpha value is -0.260. The maximum atomic E-state index is 6.02. The van der Waals surface area contributed by atoms with Crippen LogP contribution in [0.25, 0.3) is 11.3 Å². The summed E-state index contributed by atoms with van der Waals surface area (Å²) in [6, 6.07) is 5.71. The van der Waals surface area contributed by atoms with Crippen LogP contribution in [0.3, 0.4) is 0 Å². The van der Waals surface area contributed by atoms with Crippen molar-refractivity contribution in [2.24, 2.45) is 0 Å². The van der Waals surface area contributed by atoms with Gasteiger partial charge in [-0.1, -0.05) is 17.7 Å². The van der Waals surface area contributed by atoms with Gasteiger partial charge in [0.05, 0.1) is 10.9 Å². The van der Waals surface area contributed by atoms with Crippen LogP contribution < -0.4 is 0 Å². The van der Waals surface area contributed by atoms with Crippen molar-refractivity contribution in [2.75, 3.05) is 0 Å². The van der Waals surface area contributed by atoms with Gasteiger partial charge in [0, 0.05) is 9.13 Å². The number of hydrogen-bond acceptors (Lipinski definition) is 2. The fraction of sp³-hybridized carbons (Fsp3) is 0.100. The third kappa shape index (κ3) is 2.29. The van der Waals surface area contributed by atoms with Crippen molar-refractivity contribution in [3.63, 3.8) is 0 Å². The molecule has 0 unspecified atom stereocenters. The molecule has 0 aliphatic rings. The number of benzene rings is 1. The van der Waals surface area contributed by atoms with Gasteiger partial charge in [0.15, 0.2) is 12.2 Å². The molecule has 0 aliphatic carbocycles. The van der Waals surface area contributed by atoms with Crippen molar-refractivity contribution in [1.82, 2.24) is 4.98 Å². The quantitative estimate of drug-likeness (QED) is 0.593. The Morgan fingerprint density at radius 2 is 2.20 bits per heavy atom. The Morgan fingerprint density at radius 3 is 2.87 bits per heavy atom. The summed E-state index contributed by atoms with van der Waals surface area (Å²) in [5, 5.41) is 0.699. The first-order valence-electron chi connectivity index (χ1n) is 4.16.